The van der Waals surface area contributed by atoms with Crippen LogP contribution >= 0.6 is 22.9 Å². The monoisotopic (exact) mass is 545 g/mol. The van der Waals surface area contributed by atoms with Crippen LogP contribution in [0.3, 0.4) is 0 Å². The summed E-state index contributed by atoms with van der Waals surface area (Å²) in [6.45, 7) is 6.82. The number of hydrogen-bond acceptors (Lipinski definition) is 5. The van der Waals surface area contributed by atoms with Crippen LogP contribution in [0.15, 0.2) is 81.7 Å². The quantitative estimate of drug-likeness (QED) is 0.345. The number of aromatic nitrogens is 1. The smallest absolute Gasteiger partial charge is 0.271 e. The van der Waals surface area contributed by atoms with Crippen molar-refractivity contribution in [2.24, 2.45) is 4.99 Å². The molecule has 0 N–H and O–H groups in total. The number of ether oxygens (including phenoxy) is 1. The van der Waals surface area contributed by atoms with E-state index >= 15 is 0 Å². The van der Waals surface area contributed by atoms with Crippen molar-refractivity contribution in [3.8, 4) is 5.75 Å². The summed E-state index contributed by atoms with van der Waals surface area (Å²) in [5.74, 6) is 0.463. The van der Waals surface area contributed by atoms with Crippen LogP contribution in [0.4, 0.5) is 0 Å². The minimum absolute atomic E-state index is 0.142. The maximum absolute atomic E-state index is 14.1. The third-order valence-electron chi connectivity index (χ3n) is 6.92. The highest BCUT2D eigenvalue weighted by Crippen LogP contribution is 2.40. The number of likely N-dealkylation sites (N-methyl/N-ethyl adjacent to an activating group) is 1. The molecule has 38 heavy (non-hydrogen) atoms. The fourth-order valence-electron chi connectivity index (χ4n) is 5.02. The van der Waals surface area contributed by atoms with Gasteiger partial charge in [-0.1, -0.05) is 71.5 Å². The fraction of sp³-hybridized carbons (Fsp3) is 0.233. The second-order valence-electron chi connectivity index (χ2n) is 8.98. The molecule has 0 saturated heterocycles. The number of rotatable bonds is 6. The standard InChI is InChI=1S/C30H28ClN3O3S/c1-5-33(6-2)29(36)25-18(3)32-30-34(28(35)24(38-30)17-20-12-8-10-14-22(20)31)27(25)26-21-13-9-7-11-19(21)15-16-23(26)37-4/h7-17,27H,5-6H2,1-4H3/b24-17+/t27-/m0/s1. The molecule has 0 unspecified atom stereocenters. The Morgan fingerprint density at radius 1 is 1.11 bits per heavy atom. The van der Waals surface area contributed by atoms with Crippen molar-refractivity contribution in [3.05, 3.63) is 108 Å². The van der Waals surface area contributed by atoms with Crippen LogP contribution < -0.4 is 19.6 Å². The van der Waals surface area contributed by atoms with Crippen LogP contribution in [0.25, 0.3) is 16.8 Å². The van der Waals surface area contributed by atoms with Crippen LogP contribution in [0, 0.1) is 0 Å². The number of fused-ring (bicyclic) bond motifs is 2. The van der Waals surface area contributed by atoms with Crippen LogP contribution in [0.1, 0.15) is 37.9 Å². The number of nitrogens with zero attached hydrogens (tertiary/aromatic N) is 3. The number of carbonyl (C=O) groups excluding carboxylic acids is 1. The summed E-state index contributed by atoms with van der Waals surface area (Å²) in [5.41, 5.74) is 2.34. The minimum atomic E-state index is -0.714. The second-order valence-corrected chi connectivity index (χ2v) is 10.4. The van der Waals surface area contributed by atoms with Crippen LogP contribution in [-0.4, -0.2) is 35.6 Å². The predicted molar refractivity (Wildman–Crippen MR) is 154 cm³/mol. The van der Waals surface area contributed by atoms with Crippen LogP contribution in [0.2, 0.25) is 5.02 Å². The maximum atomic E-state index is 14.1. The molecule has 194 valence electrons. The van der Waals surface area contributed by atoms with Gasteiger partial charge in [0.25, 0.3) is 11.5 Å². The van der Waals surface area contributed by atoms with Crippen LogP contribution in [0.5, 0.6) is 5.75 Å². The topological polar surface area (TPSA) is 63.9 Å². The third-order valence-corrected chi connectivity index (χ3v) is 8.25. The van der Waals surface area contributed by atoms with E-state index < -0.39 is 6.04 Å². The van der Waals surface area contributed by atoms with Gasteiger partial charge in [-0.15, -0.1) is 0 Å². The van der Waals surface area contributed by atoms with E-state index in [-0.39, 0.29) is 11.5 Å². The molecule has 0 bridgehead atoms. The summed E-state index contributed by atoms with van der Waals surface area (Å²) in [6.07, 6.45) is 1.79. The summed E-state index contributed by atoms with van der Waals surface area (Å²) in [5, 5.41) is 2.46. The Labute approximate surface area is 229 Å². The van der Waals surface area contributed by atoms with E-state index in [2.05, 4.69) is 0 Å². The number of benzene rings is 3. The molecule has 1 aliphatic rings. The Morgan fingerprint density at radius 2 is 1.82 bits per heavy atom. The van der Waals surface area contributed by atoms with E-state index in [1.807, 2.05) is 75.4 Å². The molecule has 4 aromatic rings. The SMILES string of the molecule is CCN(CC)C(=O)C1=C(C)N=c2s/c(=C/c3ccccc3Cl)c(=O)n2[C@@H]1c1c(OC)ccc2ccccc12. The zero-order chi connectivity index (χ0) is 27.0. The van der Waals surface area contributed by atoms with Gasteiger partial charge in [-0.05, 0) is 55.3 Å². The first kappa shape index (κ1) is 25.9. The summed E-state index contributed by atoms with van der Waals surface area (Å²) in [7, 11) is 1.61. The molecule has 2 heterocycles. The molecule has 5 rings (SSSR count). The average molecular weight is 546 g/mol. The van der Waals surface area contributed by atoms with Crippen molar-refractivity contribution in [2.75, 3.05) is 20.2 Å². The summed E-state index contributed by atoms with van der Waals surface area (Å²) < 4.78 is 7.97. The van der Waals surface area contributed by atoms with Crippen molar-refractivity contribution in [3.63, 3.8) is 0 Å². The molecule has 6 nitrogen and oxygen atoms in total. The number of allylic oxidation sites excluding steroid dienone is 1. The molecule has 1 amide bonds. The van der Waals surface area contributed by atoms with E-state index in [1.54, 1.807) is 28.7 Å². The molecule has 0 aliphatic carbocycles. The van der Waals surface area contributed by atoms with E-state index in [1.165, 1.54) is 11.3 Å². The number of hydrogen-bond donors (Lipinski definition) is 0. The lowest BCUT2D eigenvalue weighted by Crippen LogP contribution is -2.43. The molecule has 8 heteroatoms. The van der Waals surface area contributed by atoms with E-state index in [0.717, 1.165) is 21.9 Å². The first-order valence-electron chi connectivity index (χ1n) is 12.5. The summed E-state index contributed by atoms with van der Waals surface area (Å²) in [6, 6.07) is 18.5. The number of carbonyl (C=O) groups is 1. The Bertz CT molecular complexity index is 1770. The summed E-state index contributed by atoms with van der Waals surface area (Å²) in [4.78, 5) is 35.1. The molecule has 0 saturated carbocycles. The average Bonchev–Trinajstić information content (AvgIpc) is 3.23. The van der Waals surface area contributed by atoms with Gasteiger partial charge < -0.3 is 9.64 Å². The highest BCUT2D eigenvalue weighted by molar-refractivity contribution is 7.07. The Hall–Kier alpha value is -3.68. The fourth-order valence-corrected chi connectivity index (χ4v) is 6.25. The van der Waals surface area contributed by atoms with Crippen molar-refractivity contribution in [2.45, 2.75) is 26.8 Å². The van der Waals surface area contributed by atoms with Crippen molar-refractivity contribution in [1.82, 2.24) is 9.47 Å². The molecular weight excluding hydrogens is 518 g/mol. The third kappa shape index (κ3) is 4.36. The van der Waals surface area contributed by atoms with E-state index in [0.29, 0.717) is 44.5 Å². The molecule has 0 spiro atoms. The molecule has 1 atom stereocenters. The highest BCUT2D eigenvalue weighted by Gasteiger charge is 2.36. The first-order chi connectivity index (χ1) is 18.4. The molecule has 0 radical (unpaired) electrons. The molecule has 0 fully saturated rings. The Morgan fingerprint density at radius 3 is 2.53 bits per heavy atom. The van der Waals surface area contributed by atoms with Crippen molar-refractivity contribution < 1.29 is 9.53 Å². The number of amides is 1. The largest absolute Gasteiger partial charge is 0.496 e. The molecule has 3 aromatic carbocycles. The van der Waals surface area contributed by atoms with Gasteiger partial charge in [-0.25, -0.2) is 4.99 Å². The lowest BCUT2D eigenvalue weighted by atomic mass is 9.90. The lowest BCUT2D eigenvalue weighted by molar-refractivity contribution is -0.127. The van der Waals surface area contributed by atoms with Gasteiger partial charge in [0.15, 0.2) is 4.80 Å². The van der Waals surface area contributed by atoms with Crippen molar-refractivity contribution in [1.29, 1.82) is 0 Å². The van der Waals surface area contributed by atoms with Crippen LogP contribution in [-0.2, 0) is 4.79 Å². The number of thiazole rings is 1. The van der Waals surface area contributed by atoms with Gasteiger partial charge in [0.2, 0.25) is 0 Å². The first-order valence-corrected chi connectivity index (χ1v) is 13.7. The van der Waals surface area contributed by atoms with E-state index in [4.69, 9.17) is 21.3 Å². The van der Waals surface area contributed by atoms with E-state index in [9.17, 15) is 9.59 Å². The second kappa shape index (κ2) is 10.6. The normalized spacial score (nSPS) is 15.4. The highest BCUT2D eigenvalue weighted by atomic mass is 35.5. The zero-order valence-corrected chi connectivity index (χ0v) is 23.3. The van der Waals surface area contributed by atoms with Gasteiger partial charge in [0.05, 0.1) is 22.9 Å². The Kier molecular flexibility index (Phi) is 7.23. The van der Waals surface area contributed by atoms with Gasteiger partial charge >= 0.3 is 0 Å². The molecule has 1 aromatic heterocycles. The maximum Gasteiger partial charge on any atom is 0.271 e. The van der Waals surface area contributed by atoms with Gasteiger partial charge in [-0.2, -0.15) is 0 Å². The zero-order valence-electron chi connectivity index (χ0n) is 21.7. The molecular formula is C30H28ClN3O3S. The van der Waals surface area contributed by atoms with Gasteiger partial charge in [0, 0.05) is 23.7 Å². The lowest BCUT2D eigenvalue weighted by Gasteiger charge is -2.30. The van der Waals surface area contributed by atoms with Gasteiger partial charge in [0.1, 0.15) is 11.8 Å². The van der Waals surface area contributed by atoms with Crippen molar-refractivity contribution >= 4 is 45.7 Å². The van der Waals surface area contributed by atoms with Gasteiger partial charge in [-0.3, -0.25) is 14.2 Å². The number of halogens is 1. The molecule has 1 aliphatic heterocycles. The Balaban J connectivity index is 1.87. The minimum Gasteiger partial charge on any atom is -0.496 e. The number of methoxy groups -OCH3 is 1. The summed E-state index contributed by atoms with van der Waals surface area (Å²) >= 11 is 7.69. The predicted octanol–water partition coefficient (Wildman–Crippen LogP) is 4.92.